The van der Waals surface area contributed by atoms with Crippen LogP contribution in [0.15, 0.2) is 42.5 Å². The van der Waals surface area contributed by atoms with Crippen LogP contribution in [0, 0.1) is 0 Å². The van der Waals surface area contributed by atoms with Crippen molar-refractivity contribution in [3.63, 3.8) is 0 Å². The third-order valence-corrected chi connectivity index (χ3v) is 5.99. The highest BCUT2D eigenvalue weighted by Crippen LogP contribution is 2.33. The molecule has 2 aliphatic rings. The number of hydrogen-bond acceptors (Lipinski definition) is 5. The van der Waals surface area contributed by atoms with Gasteiger partial charge in [0.2, 0.25) is 0 Å². The van der Waals surface area contributed by atoms with Gasteiger partial charge >= 0.3 is 0 Å². The van der Waals surface area contributed by atoms with Crippen LogP contribution in [0.25, 0.3) is 0 Å². The fourth-order valence-electron chi connectivity index (χ4n) is 4.24. The number of carbonyl (C=O) groups is 1. The molecule has 160 valence electrons. The summed E-state index contributed by atoms with van der Waals surface area (Å²) in [5, 5.41) is 0. The highest BCUT2D eigenvalue weighted by molar-refractivity contribution is 5.95. The second-order valence-electron chi connectivity index (χ2n) is 7.87. The lowest BCUT2D eigenvalue weighted by molar-refractivity contribution is 0.0746. The van der Waals surface area contributed by atoms with E-state index in [2.05, 4.69) is 11.0 Å². The number of methoxy groups -OCH3 is 2. The van der Waals surface area contributed by atoms with E-state index in [0.717, 1.165) is 43.1 Å². The van der Waals surface area contributed by atoms with Gasteiger partial charge in [0.1, 0.15) is 5.75 Å². The molecule has 0 N–H and O–H groups in total. The molecule has 2 aromatic rings. The molecule has 1 saturated heterocycles. The molecular weight excluding hydrogens is 380 g/mol. The van der Waals surface area contributed by atoms with Gasteiger partial charge in [0, 0.05) is 43.5 Å². The molecule has 0 aromatic heterocycles. The third kappa shape index (κ3) is 4.48. The van der Waals surface area contributed by atoms with Gasteiger partial charge in [-0.25, -0.2) is 0 Å². The van der Waals surface area contributed by atoms with Crippen molar-refractivity contribution in [2.45, 2.75) is 31.8 Å². The van der Waals surface area contributed by atoms with E-state index in [1.165, 1.54) is 12.8 Å². The summed E-state index contributed by atoms with van der Waals surface area (Å²) in [6.07, 6.45) is 4.85. The fraction of sp³-hybridized carbons (Fsp3) is 0.458. The van der Waals surface area contributed by atoms with Gasteiger partial charge in [0.25, 0.3) is 5.91 Å². The van der Waals surface area contributed by atoms with Crippen LogP contribution >= 0.6 is 0 Å². The van der Waals surface area contributed by atoms with E-state index >= 15 is 0 Å². The first-order valence-electron chi connectivity index (χ1n) is 10.7. The monoisotopic (exact) mass is 410 g/mol. The Kier molecular flexibility index (Phi) is 6.31. The first-order valence-corrected chi connectivity index (χ1v) is 10.7. The minimum Gasteiger partial charge on any atom is -0.497 e. The highest BCUT2D eigenvalue weighted by atomic mass is 16.5. The molecule has 1 amide bonds. The maximum atomic E-state index is 13.1. The molecule has 2 aromatic carbocycles. The van der Waals surface area contributed by atoms with E-state index in [9.17, 15) is 4.79 Å². The van der Waals surface area contributed by atoms with Crippen LogP contribution < -0.4 is 19.1 Å². The first kappa shape index (κ1) is 20.4. The molecule has 0 radical (unpaired) electrons. The summed E-state index contributed by atoms with van der Waals surface area (Å²) < 4.78 is 16.9. The van der Waals surface area contributed by atoms with Gasteiger partial charge in [-0.15, -0.1) is 0 Å². The maximum Gasteiger partial charge on any atom is 0.254 e. The van der Waals surface area contributed by atoms with Gasteiger partial charge in [-0.1, -0.05) is 6.07 Å². The quantitative estimate of drug-likeness (QED) is 0.721. The van der Waals surface area contributed by atoms with E-state index in [-0.39, 0.29) is 12.0 Å². The van der Waals surface area contributed by atoms with Crippen molar-refractivity contribution in [3.05, 3.63) is 48.0 Å². The van der Waals surface area contributed by atoms with Crippen LogP contribution in [0.1, 0.15) is 36.0 Å². The zero-order valence-corrected chi connectivity index (χ0v) is 17.8. The third-order valence-electron chi connectivity index (χ3n) is 5.99. The molecule has 1 heterocycles. The van der Waals surface area contributed by atoms with Gasteiger partial charge in [-0.05, 0) is 56.0 Å². The van der Waals surface area contributed by atoms with Crippen molar-refractivity contribution < 1.29 is 19.0 Å². The molecule has 0 unspecified atom stereocenters. The molecule has 1 saturated carbocycles. The second-order valence-corrected chi connectivity index (χ2v) is 7.87. The van der Waals surface area contributed by atoms with Crippen LogP contribution in [0.4, 0.5) is 5.69 Å². The number of nitrogens with zero attached hydrogens (tertiary/aromatic N) is 2. The van der Waals surface area contributed by atoms with Crippen LogP contribution in [0.5, 0.6) is 17.2 Å². The van der Waals surface area contributed by atoms with Crippen molar-refractivity contribution in [1.82, 2.24) is 4.90 Å². The summed E-state index contributed by atoms with van der Waals surface area (Å²) in [7, 11) is 3.30. The highest BCUT2D eigenvalue weighted by Gasteiger charge is 2.24. The summed E-state index contributed by atoms with van der Waals surface area (Å²) in [4.78, 5) is 17.2. The van der Waals surface area contributed by atoms with E-state index < -0.39 is 0 Å². The van der Waals surface area contributed by atoms with Crippen LogP contribution in [-0.4, -0.2) is 57.3 Å². The number of rotatable bonds is 6. The summed E-state index contributed by atoms with van der Waals surface area (Å²) >= 11 is 0. The molecule has 4 rings (SSSR count). The SMILES string of the molecule is COc1cccc(N2CCN(C(=O)c3ccc(OC4CCCC4)c(OC)c3)CC2)c1. The lowest BCUT2D eigenvalue weighted by Crippen LogP contribution is -2.48. The molecule has 2 fully saturated rings. The van der Waals surface area contributed by atoms with E-state index in [4.69, 9.17) is 14.2 Å². The Labute approximate surface area is 178 Å². The molecule has 1 aliphatic heterocycles. The average molecular weight is 411 g/mol. The van der Waals surface area contributed by atoms with Crippen molar-refractivity contribution in [3.8, 4) is 17.2 Å². The number of benzene rings is 2. The zero-order chi connectivity index (χ0) is 20.9. The van der Waals surface area contributed by atoms with Crippen LogP contribution in [-0.2, 0) is 0 Å². The molecule has 0 spiro atoms. The van der Waals surface area contributed by atoms with Gasteiger partial charge in [-0.2, -0.15) is 0 Å². The minimum atomic E-state index is 0.0333. The number of piperazine rings is 1. The Bertz CT molecular complexity index is 871. The predicted octanol–water partition coefficient (Wildman–Crippen LogP) is 3.99. The largest absolute Gasteiger partial charge is 0.497 e. The van der Waals surface area contributed by atoms with Crippen molar-refractivity contribution in [1.29, 1.82) is 0 Å². The molecule has 6 nitrogen and oxygen atoms in total. The number of anilines is 1. The molecular formula is C24H30N2O4. The smallest absolute Gasteiger partial charge is 0.254 e. The maximum absolute atomic E-state index is 13.1. The Morgan fingerprint density at radius 2 is 1.67 bits per heavy atom. The van der Waals surface area contributed by atoms with E-state index in [1.807, 2.05) is 35.2 Å². The Hall–Kier alpha value is -2.89. The van der Waals surface area contributed by atoms with Crippen molar-refractivity contribution >= 4 is 11.6 Å². The van der Waals surface area contributed by atoms with Crippen LogP contribution in [0.3, 0.4) is 0 Å². The number of amides is 1. The zero-order valence-electron chi connectivity index (χ0n) is 17.8. The first-order chi connectivity index (χ1) is 14.7. The average Bonchev–Trinajstić information content (AvgIpc) is 3.32. The predicted molar refractivity (Wildman–Crippen MR) is 117 cm³/mol. The Morgan fingerprint density at radius 3 is 2.37 bits per heavy atom. The molecule has 6 heteroatoms. The van der Waals surface area contributed by atoms with Gasteiger partial charge < -0.3 is 24.0 Å². The lowest BCUT2D eigenvalue weighted by atomic mass is 10.1. The van der Waals surface area contributed by atoms with E-state index in [0.29, 0.717) is 24.4 Å². The normalized spacial score (nSPS) is 17.1. The number of carbonyl (C=O) groups excluding carboxylic acids is 1. The summed E-state index contributed by atoms with van der Waals surface area (Å²) in [6, 6.07) is 13.6. The molecule has 30 heavy (non-hydrogen) atoms. The Balaban J connectivity index is 1.39. The van der Waals surface area contributed by atoms with Gasteiger partial charge in [0.15, 0.2) is 11.5 Å². The Morgan fingerprint density at radius 1 is 0.900 bits per heavy atom. The molecule has 1 aliphatic carbocycles. The van der Waals surface area contributed by atoms with Gasteiger partial charge in [0.05, 0.1) is 20.3 Å². The fourth-order valence-corrected chi connectivity index (χ4v) is 4.24. The molecule has 0 bridgehead atoms. The number of hydrogen-bond donors (Lipinski definition) is 0. The van der Waals surface area contributed by atoms with Crippen LogP contribution in [0.2, 0.25) is 0 Å². The number of ether oxygens (including phenoxy) is 3. The lowest BCUT2D eigenvalue weighted by Gasteiger charge is -2.36. The van der Waals surface area contributed by atoms with Crippen molar-refractivity contribution in [2.24, 2.45) is 0 Å². The standard InChI is InChI=1S/C24H30N2O4/c1-28-21-9-5-6-19(17-21)25-12-14-26(15-13-25)24(27)18-10-11-22(23(16-18)29-2)30-20-7-3-4-8-20/h5-6,9-11,16-17,20H,3-4,7-8,12-15H2,1-2H3. The summed E-state index contributed by atoms with van der Waals surface area (Å²) in [5.74, 6) is 2.23. The summed E-state index contributed by atoms with van der Waals surface area (Å²) in [5.41, 5.74) is 1.76. The van der Waals surface area contributed by atoms with Crippen molar-refractivity contribution in [2.75, 3.05) is 45.3 Å². The topological polar surface area (TPSA) is 51.2 Å². The minimum absolute atomic E-state index is 0.0333. The van der Waals surface area contributed by atoms with E-state index in [1.54, 1.807) is 20.3 Å². The van der Waals surface area contributed by atoms with Gasteiger partial charge in [-0.3, -0.25) is 4.79 Å². The molecule has 0 atom stereocenters. The summed E-state index contributed by atoms with van der Waals surface area (Å²) in [6.45, 7) is 2.94. The second kappa shape index (κ2) is 9.28.